The van der Waals surface area contributed by atoms with Gasteiger partial charge in [0.2, 0.25) is 0 Å². The second-order valence-corrected chi connectivity index (χ2v) is 6.60. The van der Waals surface area contributed by atoms with Crippen LogP contribution in [0.5, 0.6) is 11.5 Å². The van der Waals surface area contributed by atoms with Crippen molar-refractivity contribution in [3.63, 3.8) is 0 Å². The molecule has 2 amide bonds. The number of aromatic nitrogens is 1. The quantitative estimate of drug-likeness (QED) is 0.583. The summed E-state index contributed by atoms with van der Waals surface area (Å²) < 4.78 is 36.0. The largest absolute Gasteiger partial charge is 0.493 e. The SMILES string of the molecule is COc1cc(C(=O)NCC(=O)N=c2ccccn2Cc2ccccc2)ccc1OC(F)F. The maximum atomic E-state index is 12.4. The van der Waals surface area contributed by atoms with Crippen LogP contribution in [-0.2, 0) is 11.3 Å². The van der Waals surface area contributed by atoms with E-state index in [0.29, 0.717) is 12.0 Å². The van der Waals surface area contributed by atoms with Gasteiger partial charge in [0.15, 0.2) is 11.5 Å². The van der Waals surface area contributed by atoms with Crippen molar-refractivity contribution in [1.29, 1.82) is 0 Å². The summed E-state index contributed by atoms with van der Waals surface area (Å²) in [5, 5.41) is 2.46. The first-order valence-electron chi connectivity index (χ1n) is 9.64. The molecule has 32 heavy (non-hydrogen) atoms. The lowest BCUT2D eigenvalue weighted by atomic mass is 10.2. The minimum atomic E-state index is -3.02. The van der Waals surface area contributed by atoms with Crippen LogP contribution in [0.2, 0.25) is 0 Å². The summed E-state index contributed by atoms with van der Waals surface area (Å²) in [7, 11) is 1.27. The zero-order valence-corrected chi connectivity index (χ0v) is 17.2. The van der Waals surface area contributed by atoms with Crippen LogP contribution in [0.3, 0.4) is 0 Å². The fourth-order valence-corrected chi connectivity index (χ4v) is 2.91. The number of nitrogens with zero attached hydrogens (tertiary/aromatic N) is 2. The van der Waals surface area contributed by atoms with Gasteiger partial charge in [-0.05, 0) is 35.9 Å². The fourth-order valence-electron chi connectivity index (χ4n) is 2.91. The van der Waals surface area contributed by atoms with Gasteiger partial charge in [0.05, 0.1) is 13.7 Å². The predicted octanol–water partition coefficient (Wildman–Crippen LogP) is 3.00. The maximum Gasteiger partial charge on any atom is 0.387 e. The number of hydrogen-bond donors (Lipinski definition) is 1. The molecule has 0 saturated heterocycles. The summed E-state index contributed by atoms with van der Waals surface area (Å²) in [6, 6.07) is 18.8. The van der Waals surface area contributed by atoms with E-state index in [9.17, 15) is 18.4 Å². The van der Waals surface area contributed by atoms with E-state index in [2.05, 4.69) is 15.0 Å². The molecular formula is C23H21F2N3O4. The molecule has 0 bridgehead atoms. The van der Waals surface area contributed by atoms with Crippen LogP contribution in [-0.4, -0.2) is 36.6 Å². The minimum Gasteiger partial charge on any atom is -0.493 e. The molecule has 7 nitrogen and oxygen atoms in total. The first-order valence-corrected chi connectivity index (χ1v) is 9.64. The van der Waals surface area contributed by atoms with Crippen molar-refractivity contribution in [2.75, 3.05) is 13.7 Å². The number of rotatable bonds is 8. The van der Waals surface area contributed by atoms with Gasteiger partial charge in [-0.1, -0.05) is 36.4 Å². The lowest BCUT2D eigenvalue weighted by Crippen LogP contribution is -2.31. The zero-order valence-electron chi connectivity index (χ0n) is 17.2. The topological polar surface area (TPSA) is 81.9 Å². The Morgan fingerprint density at radius 1 is 1.03 bits per heavy atom. The smallest absolute Gasteiger partial charge is 0.387 e. The van der Waals surface area contributed by atoms with Gasteiger partial charge in [0.25, 0.3) is 11.8 Å². The molecule has 0 saturated carbocycles. The molecule has 3 rings (SSSR count). The Bertz CT molecular complexity index is 1150. The van der Waals surface area contributed by atoms with Gasteiger partial charge < -0.3 is 19.4 Å². The van der Waals surface area contributed by atoms with Gasteiger partial charge in [-0.15, -0.1) is 0 Å². The third-order valence-electron chi connectivity index (χ3n) is 4.39. The van der Waals surface area contributed by atoms with Crippen molar-refractivity contribution in [1.82, 2.24) is 9.88 Å². The molecule has 0 fully saturated rings. The second-order valence-electron chi connectivity index (χ2n) is 6.60. The number of pyridine rings is 1. The van der Waals surface area contributed by atoms with Crippen molar-refractivity contribution in [2.45, 2.75) is 13.2 Å². The van der Waals surface area contributed by atoms with Crippen LogP contribution in [0.4, 0.5) is 8.78 Å². The van der Waals surface area contributed by atoms with Crippen LogP contribution >= 0.6 is 0 Å². The maximum absolute atomic E-state index is 12.4. The van der Waals surface area contributed by atoms with Crippen molar-refractivity contribution >= 4 is 11.8 Å². The summed E-state index contributed by atoms with van der Waals surface area (Å²) in [5.74, 6) is -1.35. The Hall–Kier alpha value is -4.01. The average molecular weight is 441 g/mol. The van der Waals surface area contributed by atoms with E-state index in [4.69, 9.17) is 4.74 Å². The Labute approximate surface area is 182 Å². The third-order valence-corrected chi connectivity index (χ3v) is 4.39. The summed E-state index contributed by atoms with van der Waals surface area (Å²) in [6.07, 6.45) is 1.81. The zero-order chi connectivity index (χ0) is 22.9. The Morgan fingerprint density at radius 3 is 2.50 bits per heavy atom. The van der Waals surface area contributed by atoms with E-state index in [1.807, 2.05) is 47.2 Å². The van der Waals surface area contributed by atoms with E-state index in [0.717, 1.165) is 5.56 Å². The molecule has 0 radical (unpaired) electrons. The molecule has 3 aromatic rings. The van der Waals surface area contributed by atoms with Crippen LogP contribution in [0.25, 0.3) is 0 Å². The Balaban J connectivity index is 1.67. The van der Waals surface area contributed by atoms with Gasteiger partial charge in [-0.25, -0.2) is 0 Å². The number of amides is 2. The number of alkyl halides is 2. The van der Waals surface area contributed by atoms with Gasteiger partial charge in [-0.2, -0.15) is 13.8 Å². The van der Waals surface area contributed by atoms with E-state index in [1.165, 1.54) is 25.3 Å². The number of carbonyl (C=O) groups excluding carboxylic acids is 2. The number of methoxy groups -OCH3 is 1. The lowest BCUT2D eigenvalue weighted by molar-refractivity contribution is -0.117. The second kappa shape index (κ2) is 10.9. The number of halogens is 2. The summed E-state index contributed by atoms with van der Waals surface area (Å²) in [6.45, 7) is -2.82. The van der Waals surface area contributed by atoms with Gasteiger partial charge in [0, 0.05) is 18.3 Å². The molecule has 0 unspecified atom stereocenters. The van der Waals surface area contributed by atoms with Crippen LogP contribution in [0.1, 0.15) is 15.9 Å². The first-order chi connectivity index (χ1) is 15.5. The summed E-state index contributed by atoms with van der Waals surface area (Å²) >= 11 is 0. The highest BCUT2D eigenvalue weighted by Crippen LogP contribution is 2.29. The fraction of sp³-hybridized carbons (Fsp3) is 0.174. The molecule has 166 valence electrons. The average Bonchev–Trinajstić information content (AvgIpc) is 2.79. The number of ether oxygens (including phenoxy) is 2. The molecule has 1 heterocycles. The normalized spacial score (nSPS) is 11.3. The van der Waals surface area contributed by atoms with E-state index in [1.54, 1.807) is 12.1 Å². The van der Waals surface area contributed by atoms with Gasteiger partial charge in [-0.3, -0.25) is 9.59 Å². The molecule has 9 heteroatoms. The van der Waals surface area contributed by atoms with Crippen LogP contribution in [0.15, 0.2) is 77.9 Å². The van der Waals surface area contributed by atoms with E-state index in [-0.39, 0.29) is 23.6 Å². The van der Waals surface area contributed by atoms with Gasteiger partial charge in [0.1, 0.15) is 5.49 Å². The van der Waals surface area contributed by atoms with Crippen LogP contribution in [0, 0.1) is 0 Å². The molecule has 0 aliphatic carbocycles. The summed E-state index contributed by atoms with van der Waals surface area (Å²) in [5.41, 5.74) is 1.62. The van der Waals surface area contributed by atoms with Crippen molar-refractivity contribution < 1.29 is 27.8 Å². The number of nitrogens with one attached hydrogen (secondary N) is 1. The molecule has 0 aliphatic rings. The first kappa shape index (κ1) is 22.7. The number of benzene rings is 2. The molecule has 0 spiro atoms. The highest BCUT2D eigenvalue weighted by molar-refractivity contribution is 5.97. The van der Waals surface area contributed by atoms with Gasteiger partial charge >= 0.3 is 6.61 Å². The molecule has 1 N–H and O–H groups in total. The summed E-state index contributed by atoms with van der Waals surface area (Å²) in [4.78, 5) is 28.8. The van der Waals surface area contributed by atoms with Crippen LogP contribution < -0.4 is 20.3 Å². The number of carbonyl (C=O) groups is 2. The molecule has 0 aliphatic heterocycles. The highest BCUT2D eigenvalue weighted by atomic mass is 19.3. The molecule has 1 aromatic heterocycles. The van der Waals surface area contributed by atoms with E-state index < -0.39 is 18.4 Å². The number of hydrogen-bond acceptors (Lipinski definition) is 4. The Morgan fingerprint density at radius 2 is 1.78 bits per heavy atom. The highest BCUT2D eigenvalue weighted by Gasteiger charge is 2.14. The van der Waals surface area contributed by atoms with Crippen molar-refractivity contribution in [2.24, 2.45) is 4.99 Å². The Kier molecular flexibility index (Phi) is 7.69. The monoisotopic (exact) mass is 441 g/mol. The third kappa shape index (κ3) is 6.24. The van der Waals surface area contributed by atoms with E-state index >= 15 is 0 Å². The van der Waals surface area contributed by atoms with Crippen molar-refractivity contribution in [3.8, 4) is 11.5 Å². The standard InChI is InChI=1S/C23H21F2N3O4/c1-31-19-13-17(10-11-18(19)32-23(24)25)22(30)26-14-21(29)27-20-9-5-6-12-28(20)15-16-7-3-2-4-8-16/h2-13,23H,14-15H2,1H3,(H,26,30). The molecular weight excluding hydrogens is 420 g/mol. The molecule has 0 atom stereocenters. The minimum absolute atomic E-state index is 0.0276. The molecule has 2 aromatic carbocycles. The van der Waals surface area contributed by atoms with Crippen molar-refractivity contribution in [3.05, 3.63) is 89.5 Å². The lowest BCUT2D eigenvalue weighted by Gasteiger charge is -2.11. The predicted molar refractivity (Wildman–Crippen MR) is 113 cm³/mol.